The van der Waals surface area contributed by atoms with Gasteiger partial charge in [0.15, 0.2) is 5.65 Å². The fourth-order valence-corrected chi connectivity index (χ4v) is 5.57. The number of piperidine rings is 1. The van der Waals surface area contributed by atoms with Gasteiger partial charge in [-0.2, -0.15) is 9.40 Å². The van der Waals surface area contributed by atoms with Gasteiger partial charge in [-0.05, 0) is 51.8 Å². The number of sulfonamides is 1. The van der Waals surface area contributed by atoms with Crippen molar-refractivity contribution in [3.05, 3.63) is 48.3 Å². The molecule has 1 fully saturated rings. The number of benzene rings is 1. The third kappa shape index (κ3) is 4.20. The van der Waals surface area contributed by atoms with E-state index in [2.05, 4.69) is 15.4 Å². The molecule has 1 atom stereocenters. The molecule has 4 rings (SSSR count). The maximum absolute atomic E-state index is 13.2. The zero-order valence-electron chi connectivity index (χ0n) is 17.9. The lowest BCUT2D eigenvalue weighted by atomic mass is 10.0. The molecule has 1 amide bonds. The van der Waals surface area contributed by atoms with Crippen molar-refractivity contribution in [1.29, 1.82) is 0 Å². The van der Waals surface area contributed by atoms with Gasteiger partial charge in [-0.3, -0.25) is 4.79 Å². The first-order chi connectivity index (χ1) is 14.8. The van der Waals surface area contributed by atoms with Crippen LogP contribution in [0, 0.1) is 6.92 Å². The number of nitrogens with zero attached hydrogens (tertiary/aromatic N) is 4. The molecule has 1 N–H and O–H groups in total. The Kier molecular flexibility index (Phi) is 5.81. The fraction of sp³-hybridized carbons (Fsp3) is 0.409. The van der Waals surface area contributed by atoms with E-state index in [1.165, 1.54) is 4.31 Å². The number of hydrogen-bond acceptors (Lipinski definition) is 5. The van der Waals surface area contributed by atoms with E-state index in [1.54, 1.807) is 36.7 Å². The van der Waals surface area contributed by atoms with Crippen molar-refractivity contribution in [1.82, 2.24) is 19.1 Å². The Hall–Kier alpha value is -2.78. The number of anilines is 1. The molecule has 2 aromatic heterocycles. The molecule has 0 bridgehead atoms. The Bertz CT molecular complexity index is 1200. The summed E-state index contributed by atoms with van der Waals surface area (Å²) in [6, 6.07) is 7.96. The Morgan fingerprint density at radius 3 is 2.61 bits per heavy atom. The molecule has 8 nitrogen and oxygen atoms in total. The highest BCUT2D eigenvalue weighted by atomic mass is 32.2. The van der Waals surface area contributed by atoms with Crippen molar-refractivity contribution < 1.29 is 13.2 Å². The number of hydrogen-bond donors (Lipinski definition) is 1. The van der Waals surface area contributed by atoms with Crippen LogP contribution in [0.3, 0.4) is 0 Å². The molecule has 1 aromatic carbocycles. The third-order valence-electron chi connectivity index (χ3n) is 5.57. The molecule has 0 saturated carbocycles. The topological polar surface area (TPSA) is 97.2 Å². The molecule has 1 saturated heterocycles. The smallest absolute Gasteiger partial charge is 0.243 e. The van der Waals surface area contributed by atoms with Gasteiger partial charge in [0.05, 0.1) is 23.0 Å². The normalized spacial score (nSPS) is 17.9. The number of carbonyl (C=O) groups is 1. The number of rotatable bonds is 5. The maximum atomic E-state index is 13.2. The molecule has 0 radical (unpaired) electrons. The summed E-state index contributed by atoms with van der Waals surface area (Å²) in [7, 11) is -3.76. The zero-order valence-corrected chi connectivity index (χ0v) is 18.8. The van der Waals surface area contributed by atoms with E-state index in [9.17, 15) is 13.2 Å². The third-order valence-corrected chi connectivity index (χ3v) is 7.50. The van der Waals surface area contributed by atoms with Crippen LogP contribution in [0.2, 0.25) is 0 Å². The lowest BCUT2D eigenvalue weighted by molar-refractivity contribution is -0.120. The fourth-order valence-electron chi connectivity index (χ4n) is 3.91. The van der Waals surface area contributed by atoms with Gasteiger partial charge in [-0.15, -0.1) is 0 Å². The monoisotopic (exact) mass is 441 g/mol. The lowest BCUT2D eigenvalue weighted by Crippen LogP contribution is -2.49. The number of aromatic nitrogens is 3. The Labute approximate surface area is 182 Å². The van der Waals surface area contributed by atoms with E-state index in [1.807, 2.05) is 31.5 Å². The minimum atomic E-state index is -3.76. The molecule has 3 heterocycles. The SMILES string of the molecule is Cc1ccc(S(=O)(=O)N2CCCCC2C(=O)Nc2cnc3c(cnn3C(C)C)c2)cc1. The average Bonchev–Trinajstić information content (AvgIpc) is 3.17. The number of fused-ring (bicyclic) bond motifs is 1. The van der Waals surface area contributed by atoms with Crippen LogP contribution in [-0.2, 0) is 14.8 Å². The van der Waals surface area contributed by atoms with Crippen LogP contribution in [0.1, 0.15) is 44.7 Å². The molecule has 0 aliphatic carbocycles. The number of aryl methyl sites for hydroxylation is 1. The van der Waals surface area contributed by atoms with Gasteiger partial charge in [-0.1, -0.05) is 24.1 Å². The first-order valence-corrected chi connectivity index (χ1v) is 11.9. The second-order valence-electron chi connectivity index (χ2n) is 8.25. The van der Waals surface area contributed by atoms with Gasteiger partial charge in [0.2, 0.25) is 15.9 Å². The van der Waals surface area contributed by atoms with E-state index in [0.717, 1.165) is 29.4 Å². The van der Waals surface area contributed by atoms with E-state index in [4.69, 9.17) is 0 Å². The first-order valence-electron chi connectivity index (χ1n) is 10.5. The van der Waals surface area contributed by atoms with Gasteiger partial charge in [0, 0.05) is 18.0 Å². The van der Waals surface area contributed by atoms with Crippen molar-refractivity contribution in [2.24, 2.45) is 0 Å². The summed E-state index contributed by atoms with van der Waals surface area (Å²) < 4.78 is 29.6. The van der Waals surface area contributed by atoms with Gasteiger partial charge in [0.1, 0.15) is 6.04 Å². The highest BCUT2D eigenvalue weighted by molar-refractivity contribution is 7.89. The highest BCUT2D eigenvalue weighted by Gasteiger charge is 2.37. The molecule has 3 aromatic rings. The van der Waals surface area contributed by atoms with Crippen LogP contribution in [-0.4, -0.2) is 46.0 Å². The average molecular weight is 442 g/mol. The van der Waals surface area contributed by atoms with Crippen LogP contribution in [0.4, 0.5) is 5.69 Å². The second kappa shape index (κ2) is 8.39. The van der Waals surface area contributed by atoms with Crippen LogP contribution in [0.5, 0.6) is 0 Å². The van der Waals surface area contributed by atoms with E-state index in [-0.39, 0.29) is 16.8 Å². The number of pyridine rings is 1. The summed E-state index contributed by atoms with van der Waals surface area (Å²) in [5, 5.41) is 8.02. The second-order valence-corrected chi connectivity index (χ2v) is 10.1. The predicted molar refractivity (Wildman–Crippen MR) is 119 cm³/mol. The van der Waals surface area contributed by atoms with Crippen molar-refractivity contribution in [3.63, 3.8) is 0 Å². The van der Waals surface area contributed by atoms with Crippen LogP contribution in [0.15, 0.2) is 47.6 Å². The molecular formula is C22H27N5O3S. The molecule has 1 aliphatic rings. The number of amides is 1. The van der Waals surface area contributed by atoms with E-state index in [0.29, 0.717) is 18.7 Å². The minimum Gasteiger partial charge on any atom is -0.323 e. The molecule has 164 valence electrons. The zero-order chi connectivity index (χ0) is 22.2. The molecule has 1 unspecified atom stereocenters. The van der Waals surface area contributed by atoms with Crippen molar-refractivity contribution in [2.75, 3.05) is 11.9 Å². The largest absolute Gasteiger partial charge is 0.323 e. The Balaban J connectivity index is 1.57. The van der Waals surface area contributed by atoms with E-state index >= 15 is 0 Å². The van der Waals surface area contributed by atoms with Crippen LogP contribution < -0.4 is 5.32 Å². The van der Waals surface area contributed by atoms with Gasteiger partial charge in [-0.25, -0.2) is 18.1 Å². The van der Waals surface area contributed by atoms with Crippen LogP contribution >= 0.6 is 0 Å². The van der Waals surface area contributed by atoms with Crippen molar-refractivity contribution in [2.45, 2.75) is 57.0 Å². The molecule has 0 spiro atoms. The molecule has 31 heavy (non-hydrogen) atoms. The van der Waals surface area contributed by atoms with E-state index < -0.39 is 16.1 Å². The summed E-state index contributed by atoms with van der Waals surface area (Å²) in [5.41, 5.74) is 2.25. The molecule has 1 aliphatic heterocycles. The Morgan fingerprint density at radius 1 is 1.16 bits per heavy atom. The number of carbonyl (C=O) groups excluding carboxylic acids is 1. The van der Waals surface area contributed by atoms with Crippen LogP contribution in [0.25, 0.3) is 11.0 Å². The summed E-state index contributed by atoms with van der Waals surface area (Å²) in [5.74, 6) is -0.340. The summed E-state index contributed by atoms with van der Waals surface area (Å²) in [6.07, 6.45) is 5.32. The maximum Gasteiger partial charge on any atom is 0.243 e. The highest BCUT2D eigenvalue weighted by Crippen LogP contribution is 2.27. The Morgan fingerprint density at radius 2 is 1.90 bits per heavy atom. The number of nitrogens with one attached hydrogen (secondary N) is 1. The summed E-state index contributed by atoms with van der Waals surface area (Å²) in [6.45, 7) is 6.28. The summed E-state index contributed by atoms with van der Waals surface area (Å²) >= 11 is 0. The quantitative estimate of drug-likeness (QED) is 0.654. The summed E-state index contributed by atoms with van der Waals surface area (Å²) in [4.78, 5) is 17.7. The van der Waals surface area contributed by atoms with Gasteiger partial charge in [0.25, 0.3) is 0 Å². The van der Waals surface area contributed by atoms with Gasteiger partial charge >= 0.3 is 0 Å². The molecule has 9 heteroatoms. The minimum absolute atomic E-state index is 0.174. The first kappa shape index (κ1) is 21.5. The standard InChI is InChI=1S/C22H27N5O3S/c1-15(2)27-21-17(13-24-27)12-18(14-23-21)25-22(28)20-6-4-5-11-26(20)31(29,30)19-9-7-16(3)8-10-19/h7-10,12-15,20H,4-6,11H2,1-3H3,(H,25,28). The van der Waals surface area contributed by atoms with Crippen molar-refractivity contribution in [3.8, 4) is 0 Å². The van der Waals surface area contributed by atoms with Crippen molar-refractivity contribution >= 4 is 32.7 Å². The van der Waals surface area contributed by atoms with Gasteiger partial charge < -0.3 is 5.32 Å². The lowest BCUT2D eigenvalue weighted by Gasteiger charge is -2.33. The molecular weight excluding hydrogens is 414 g/mol. The predicted octanol–water partition coefficient (Wildman–Crippen LogP) is 3.50.